The van der Waals surface area contributed by atoms with E-state index in [1.807, 2.05) is 47.5 Å². The highest BCUT2D eigenvalue weighted by atomic mass is 35.5. The van der Waals surface area contributed by atoms with Gasteiger partial charge in [-0.25, -0.2) is 5.01 Å². The number of nitrogens with zero attached hydrogens (tertiary/aromatic N) is 3. The van der Waals surface area contributed by atoms with Crippen LogP contribution in [0, 0.1) is 0 Å². The van der Waals surface area contributed by atoms with Crippen molar-refractivity contribution in [3.8, 4) is 11.5 Å². The van der Waals surface area contributed by atoms with E-state index in [0.717, 1.165) is 16.8 Å². The fourth-order valence-electron chi connectivity index (χ4n) is 3.28. The molecular weight excluding hydrogens is 398 g/mol. The summed E-state index contributed by atoms with van der Waals surface area (Å²) in [7, 11) is 3.21. The van der Waals surface area contributed by atoms with E-state index in [9.17, 15) is 4.79 Å². The second-order valence-electron chi connectivity index (χ2n) is 6.28. The fraction of sp³-hybridized carbons (Fsp3) is 0.250. The van der Waals surface area contributed by atoms with Crippen molar-refractivity contribution in [2.24, 2.45) is 10.1 Å². The van der Waals surface area contributed by atoms with Crippen LogP contribution in [-0.4, -0.2) is 41.8 Å². The summed E-state index contributed by atoms with van der Waals surface area (Å²) >= 11 is 7.79. The smallest absolute Gasteiger partial charge is 0.258 e. The van der Waals surface area contributed by atoms with Gasteiger partial charge >= 0.3 is 0 Å². The number of hydrogen-bond donors (Lipinski definition) is 0. The van der Waals surface area contributed by atoms with Gasteiger partial charge in [0.25, 0.3) is 5.91 Å². The van der Waals surface area contributed by atoms with E-state index in [2.05, 4.69) is 4.99 Å². The zero-order valence-corrected chi connectivity index (χ0v) is 17.0. The number of hydrazone groups is 1. The molecule has 8 heteroatoms. The van der Waals surface area contributed by atoms with Gasteiger partial charge in [-0.3, -0.25) is 4.79 Å². The predicted molar refractivity (Wildman–Crippen MR) is 112 cm³/mol. The summed E-state index contributed by atoms with van der Waals surface area (Å²) in [6, 6.07) is 13.3. The zero-order chi connectivity index (χ0) is 19.7. The average Bonchev–Trinajstić information content (AvgIpc) is 3.34. The minimum Gasteiger partial charge on any atom is -0.493 e. The number of carbonyl (C=O) groups excluding carboxylic acids is 1. The highest BCUT2D eigenvalue weighted by Crippen LogP contribution is 2.40. The monoisotopic (exact) mass is 415 g/mol. The topological polar surface area (TPSA) is 63.5 Å². The molecule has 0 saturated carbocycles. The molecule has 0 saturated heterocycles. The third-order valence-electron chi connectivity index (χ3n) is 4.63. The van der Waals surface area contributed by atoms with E-state index >= 15 is 0 Å². The normalized spacial score (nSPS) is 18.9. The molecule has 2 aromatic carbocycles. The molecular formula is C20H18ClN3O3S. The maximum Gasteiger partial charge on any atom is 0.258 e. The lowest BCUT2D eigenvalue weighted by Gasteiger charge is -2.23. The first-order valence-electron chi connectivity index (χ1n) is 8.68. The van der Waals surface area contributed by atoms with Gasteiger partial charge in [0, 0.05) is 17.0 Å². The van der Waals surface area contributed by atoms with E-state index in [1.54, 1.807) is 14.2 Å². The number of ether oxygens (including phenoxy) is 2. The fourth-order valence-corrected chi connectivity index (χ4v) is 4.31. The van der Waals surface area contributed by atoms with Gasteiger partial charge in [0.1, 0.15) is 0 Å². The van der Waals surface area contributed by atoms with Gasteiger partial charge in [-0.2, -0.15) is 10.1 Å². The van der Waals surface area contributed by atoms with Crippen LogP contribution in [0.4, 0.5) is 0 Å². The van der Waals surface area contributed by atoms with Crippen LogP contribution < -0.4 is 9.47 Å². The van der Waals surface area contributed by atoms with Crippen LogP contribution in [0.2, 0.25) is 5.02 Å². The minimum absolute atomic E-state index is 0.122. The van der Waals surface area contributed by atoms with Crippen LogP contribution in [0.3, 0.4) is 0 Å². The first kappa shape index (κ1) is 18.8. The molecule has 6 nitrogen and oxygen atoms in total. The Hall–Kier alpha value is -2.51. The number of carbonyl (C=O) groups is 1. The molecule has 2 heterocycles. The number of hydrogen-bond acceptors (Lipinski definition) is 6. The summed E-state index contributed by atoms with van der Waals surface area (Å²) in [5, 5.41) is 7.84. The van der Waals surface area contributed by atoms with Gasteiger partial charge in [-0.1, -0.05) is 47.6 Å². The molecule has 28 heavy (non-hydrogen) atoms. The van der Waals surface area contributed by atoms with Crippen molar-refractivity contribution >= 4 is 40.1 Å². The molecule has 0 fully saturated rings. The van der Waals surface area contributed by atoms with Crippen LogP contribution in [-0.2, 0) is 4.79 Å². The molecule has 0 N–H and O–H groups in total. The second-order valence-corrected chi connectivity index (χ2v) is 7.63. The molecule has 0 aliphatic carbocycles. The molecule has 144 valence electrons. The zero-order valence-electron chi connectivity index (χ0n) is 15.4. The van der Waals surface area contributed by atoms with Gasteiger partial charge in [0.05, 0.1) is 31.7 Å². The van der Waals surface area contributed by atoms with Crippen LogP contribution in [0.1, 0.15) is 23.6 Å². The largest absolute Gasteiger partial charge is 0.493 e. The quantitative estimate of drug-likeness (QED) is 0.751. The lowest BCUT2D eigenvalue weighted by Crippen LogP contribution is -2.23. The summed E-state index contributed by atoms with van der Waals surface area (Å²) in [4.78, 5) is 15.8. The molecule has 0 spiro atoms. The number of methoxy groups -OCH3 is 2. The maximum absolute atomic E-state index is 11.7. The molecule has 1 atom stereocenters. The Morgan fingerprint density at radius 1 is 1.14 bits per heavy atom. The van der Waals surface area contributed by atoms with Crippen LogP contribution >= 0.6 is 23.4 Å². The van der Waals surface area contributed by atoms with E-state index in [-0.39, 0.29) is 11.9 Å². The van der Waals surface area contributed by atoms with Gasteiger partial charge in [0.15, 0.2) is 16.7 Å². The van der Waals surface area contributed by atoms with Gasteiger partial charge < -0.3 is 9.47 Å². The minimum atomic E-state index is -0.146. The third-order valence-corrected chi connectivity index (χ3v) is 5.89. The molecule has 0 radical (unpaired) electrons. The molecule has 4 rings (SSSR count). The van der Waals surface area contributed by atoms with Crippen LogP contribution in [0.5, 0.6) is 11.5 Å². The number of aliphatic imine (C=N–C) groups is 1. The first-order chi connectivity index (χ1) is 13.6. The molecule has 2 aliphatic rings. The molecule has 1 unspecified atom stereocenters. The molecule has 0 aromatic heterocycles. The van der Waals surface area contributed by atoms with Crippen molar-refractivity contribution in [2.75, 3.05) is 20.0 Å². The van der Waals surface area contributed by atoms with E-state index < -0.39 is 0 Å². The highest BCUT2D eigenvalue weighted by molar-refractivity contribution is 8.14. The Labute approximate surface area is 172 Å². The number of amides is 1. The number of rotatable bonds is 4. The SMILES string of the molecule is COc1ccc(C2CC(c3ccccc3Cl)=NN2C2=NC(=O)CS2)cc1OC. The lowest BCUT2D eigenvalue weighted by atomic mass is 9.98. The Balaban J connectivity index is 1.75. The lowest BCUT2D eigenvalue weighted by molar-refractivity contribution is -0.115. The third kappa shape index (κ3) is 3.47. The van der Waals surface area contributed by atoms with E-state index in [4.69, 9.17) is 26.2 Å². The van der Waals surface area contributed by atoms with Crippen molar-refractivity contribution in [2.45, 2.75) is 12.5 Å². The Morgan fingerprint density at radius 3 is 2.61 bits per heavy atom. The standard InChI is InChI=1S/C20H18ClN3O3S/c1-26-17-8-7-12(9-18(17)27-2)16-10-15(13-5-3-4-6-14(13)21)23-24(16)20-22-19(25)11-28-20/h3-9,16H,10-11H2,1-2H3. The van der Waals surface area contributed by atoms with Crippen molar-refractivity contribution in [3.63, 3.8) is 0 Å². The van der Waals surface area contributed by atoms with Crippen LogP contribution in [0.25, 0.3) is 0 Å². The summed E-state index contributed by atoms with van der Waals surface area (Å²) < 4.78 is 10.8. The van der Waals surface area contributed by atoms with Crippen LogP contribution in [0.15, 0.2) is 52.6 Å². The summed E-state index contributed by atoms with van der Waals surface area (Å²) in [6.07, 6.45) is 0.632. The molecule has 0 bridgehead atoms. The summed E-state index contributed by atoms with van der Waals surface area (Å²) in [5.74, 6) is 1.49. The van der Waals surface area contributed by atoms with Crippen molar-refractivity contribution in [1.82, 2.24) is 5.01 Å². The number of amidine groups is 1. The Kier molecular flexibility index (Phi) is 5.28. The van der Waals surface area contributed by atoms with Gasteiger partial charge in [-0.05, 0) is 23.8 Å². The summed E-state index contributed by atoms with van der Waals surface area (Å²) in [6.45, 7) is 0. The highest BCUT2D eigenvalue weighted by Gasteiger charge is 2.35. The Bertz CT molecular complexity index is 992. The van der Waals surface area contributed by atoms with Gasteiger partial charge in [-0.15, -0.1) is 0 Å². The van der Waals surface area contributed by atoms with Crippen molar-refractivity contribution in [1.29, 1.82) is 0 Å². The number of benzene rings is 2. The van der Waals surface area contributed by atoms with Crippen molar-refractivity contribution < 1.29 is 14.3 Å². The Morgan fingerprint density at radius 2 is 1.93 bits per heavy atom. The van der Waals surface area contributed by atoms with E-state index in [0.29, 0.717) is 33.9 Å². The van der Waals surface area contributed by atoms with E-state index in [1.165, 1.54) is 11.8 Å². The van der Waals surface area contributed by atoms with Crippen molar-refractivity contribution in [3.05, 3.63) is 58.6 Å². The second kappa shape index (κ2) is 7.85. The molecule has 2 aromatic rings. The predicted octanol–water partition coefficient (Wildman–Crippen LogP) is 4.14. The molecule has 1 amide bonds. The number of thioether (sulfide) groups is 1. The van der Waals surface area contributed by atoms with Gasteiger partial charge in [0.2, 0.25) is 0 Å². The summed E-state index contributed by atoms with van der Waals surface area (Å²) in [5.41, 5.74) is 2.73. The number of halogens is 1. The molecule has 2 aliphatic heterocycles. The average molecular weight is 416 g/mol. The maximum atomic E-state index is 11.7. The first-order valence-corrected chi connectivity index (χ1v) is 10.0.